The van der Waals surface area contributed by atoms with E-state index < -0.39 is 22.9 Å². The third-order valence-corrected chi connectivity index (χ3v) is 4.31. The highest BCUT2D eigenvalue weighted by Crippen LogP contribution is 2.51. The molecule has 0 amide bonds. The number of methoxy groups -OCH3 is 1. The summed E-state index contributed by atoms with van der Waals surface area (Å²) in [6.07, 6.45) is 0.869. The van der Waals surface area contributed by atoms with Gasteiger partial charge in [-0.2, -0.15) is 0 Å². The van der Waals surface area contributed by atoms with E-state index in [1.807, 2.05) is 0 Å². The molecule has 0 bridgehead atoms. The summed E-state index contributed by atoms with van der Waals surface area (Å²) >= 11 is 0. The first kappa shape index (κ1) is 14.3. The number of aliphatic carboxylic acids is 1. The van der Waals surface area contributed by atoms with Crippen molar-refractivity contribution in [1.29, 1.82) is 0 Å². The fourth-order valence-corrected chi connectivity index (χ4v) is 3.19. The maximum atomic E-state index is 11.9. The van der Waals surface area contributed by atoms with Gasteiger partial charge in [-0.15, -0.1) is 0 Å². The molecule has 1 heterocycles. The van der Waals surface area contributed by atoms with Gasteiger partial charge in [-0.1, -0.05) is 0 Å². The topological polar surface area (TPSA) is 110 Å². The van der Waals surface area contributed by atoms with Crippen LogP contribution in [0, 0.1) is 22.0 Å². The molecule has 2 aliphatic rings. The number of nitro benzene ring substituents is 1. The molecule has 116 valence electrons. The molecule has 3 atom stereocenters. The molecule has 2 fully saturated rings. The van der Waals surface area contributed by atoms with Gasteiger partial charge in [-0.05, 0) is 24.3 Å². The number of piperidine rings is 1. The Kier molecular flexibility index (Phi) is 3.23. The van der Waals surface area contributed by atoms with E-state index in [4.69, 9.17) is 0 Å². The molecule has 1 aromatic carbocycles. The van der Waals surface area contributed by atoms with Crippen molar-refractivity contribution in [1.82, 2.24) is 0 Å². The number of non-ortho nitro benzene ring substituents is 1. The smallest absolute Gasteiger partial charge is 0.340 e. The molecule has 8 heteroatoms. The minimum absolute atomic E-state index is 0.0178. The SMILES string of the molecule is COC(=O)c1cc([N+](=O)[O-])ccc1N1C[C@@H]2C[C@@H]2[C@@H]1C(=O)O. The summed E-state index contributed by atoms with van der Waals surface area (Å²) in [6, 6.07) is 3.12. The molecule has 0 aromatic heterocycles. The van der Waals surface area contributed by atoms with E-state index in [1.54, 1.807) is 4.90 Å². The number of nitro groups is 1. The molecule has 1 aromatic rings. The molecular formula is C14H14N2O6. The van der Waals surface area contributed by atoms with E-state index in [2.05, 4.69) is 4.74 Å². The van der Waals surface area contributed by atoms with Crippen LogP contribution in [0.4, 0.5) is 11.4 Å². The van der Waals surface area contributed by atoms with Crippen LogP contribution in [0.5, 0.6) is 0 Å². The second kappa shape index (κ2) is 4.97. The fourth-order valence-electron chi connectivity index (χ4n) is 3.19. The molecule has 0 radical (unpaired) electrons. The maximum absolute atomic E-state index is 11.9. The summed E-state index contributed by atoms with van der Waals surface area (Å²) in [5.74, 6) is -1.28. The second-order valence-electron chi connectivity index (χ2n) is 5.55. The zero-order chi connectivity index (χ0) is 16.0. The van der Waals surface area contributed by atoms with Gasteiger partial charge in [0.2, 0.25) is 0 Å². The predicted octanol–water partition coefficient (Wildman–Crippen LogP) is 1.29. The fraction of sp³-hybridized carbons (Fsp3) is 0.429. The lowest BCUT2D eigenvalue weighted by Crippen LogP contribution is -2.40. The molecule has 1 N–H and O–H groups in total. The monoisotopic (exact) mass is 306 g/mol. The largest absolute Gasteiger partial charge is 0.480 e. The third kappa shape index (κ3) is 2.16. The number of nitrogens with zero attached hydrogens (tertiary/aromatic N) is 2. The number of rotatable bonds is 4. The minimum Gasteiger partial charge on any atom is -0.480 e. The molecule has 1 saturated carbocycles. The molecule has 22 heavy (non-hydrogen) atoms. The van der Waals surface area contributed by atoms with Crippen molar-refractivity contribution in [2.45, 2.75) is 12.5 Å². The summed E-state index contributed by atoms with van der Waals surface area (Å²) in [6.45, 7) is 0.531. The number of carboxylic acids is 1. The summed E-state index contributed by atoms with van der Waals surface area (Å²) in [5.41, 5.74) is 0.154. The number of carboxylic acid groups (broad SMARTS) is 1. The highest BCUT2D eigenvalue weighted by Gasteiger charge is 2.56. The van der Waals surface area contributed by atoms with Crippen LogP contribution in [-0.4, -0.2) is 41.7 Å². The number of ether oxygens (including phenoxy) is 1. The Labute approximate surface area is 125 Å². The predicted molar refractivity (Wildman–Crippen MR) is 74.8 cm³/mol. The van der Waals surface area contributed by atoms with Gasteiger partial charge in [-0.25, -0.2) is 9.59 Å². The van der Waals surface area contributed by atoms with Gasteiger partial charge in [0.1, 0.15) is 6.04 Å². The van der Waals surface area contributed by atoms with Crippen molar-refractivity contribution >= 4 is 23.3 Å². The number of fused-ring (bicyclic) bond motifs is 1. The molecule has 0 unspecified atom stereocenters. The van der Waals surface area contributed by atoms with Crippen LogP contribution < -0.4 is 4.90 Å². The quantitative estimate of drug-likeness (QED) is 0.507. The Morgan fingerprint density at radius 1 is 1.45 bits per heavy atom. The molecule has 0 spiro atoms. The average molecular weight is 306 g/mol. The molecule has 1 saturated heterocycles. The molecule has 8 nitrogen and oxygen atoms in total. The third-order valence-electron chi connectivity index (χ3n) is 4.31. The maximum Gasteiger partial charge on any atom is 0.340 e. The Bertz CT molecular complexity index is 673. The van der Waals surface area contributed by atoms with Crippen molar-refractivity contribution in [2.75, 3.05) is 18.6 Å². The summed E-state index contributed by atoms with van der Waals surface area (Å²) < 4.78 is 4.67. The van der Waals surface area contributed by atoms with E-state index in [0.29, 0.717) is 18.2 Å². The lowest BCUT2D eigenvalue weighted by atomic mass is 10.1. The van der Waals surface area contributed by atoms with E-state index in [0.717, 1.165) is 12.5 Å². The van der Waals surface area contributed by atoms with Gasteiger partial charge < -0.3 is 14.7 Å². The Hall–Kier alpha value is -2.64. The van der Waals surface area contributed by atoms with Crippen LogP contribution >= 0.6 is 0 Å². The summed E-state index contributed by atoms with van der Waals surface area (Å²) in [5, 5.41) is 20.3. The zero-order valence-corrected chi connectivity index (χ0v) is 11.8. The van der Waals surface area contributed by atoms with E-state index in [9.17, 15) is 24.8 Å². The summed E-state index contributed by atoms with van der Waals surface area (Å²) in [4.78, 5) is 35.3. The molecule has 3 rings (SSSR count). The van der Waals surface area contributed by atoms with Crippen LogP contribution in [-0.2, 0) is 9.53 Å². The Morgan fingerprint density at radius 2 is 2.18 bits per heavy atom. The number of benzene rings is 1. The van der Waals surface area contributed by atoms with E-state index in [1.165, 1.54) is 19.2 Å². The number of esters is 1. The van der Waals surface area contributed by atoms with E-state index in [-0.39, 0.29) is 17.2 Å². The van der Waals surface area contributed by atoms with Gasteiger partial charge in [0.25, 0.3) is 5.69 Å². The number of hydrogen-bond acceptors (Lipinski definition) is 6. The highest BCUT2D eigenvalue weighted by molar-refractivity contribution is 5.98. The van der Waals surface area contributed by atoms with Crippen LogP contribution in [0.25, 0.3) is 0 Å². The van der Waals surface area contributed by atoms with Crippen LogP contribution in [0.15, 0.2) is 18.2 Å². The molecular weight excluding hydrogens is 292 g/mol. The number of carbonyl (C=O) groups excluding carboxylic acids is 1. The van der Waals surface area contributed by atoms with Crippen LogP contribution in [0.1, 0.15) is 16.8 Å². The first-order valence-corrected chi connectivity index (χ1v) is 6.80. The van der Waals surface area contributed by atoms with Gasteiger partial charge >= 0.3 is 11.9 Å². The van der Waals surface area contributed by atoms with Crippen LogP contribution in [0.2, 0.25) is 0 Å². The Morgan fingerprint density at radius 3 is 2.77 bits per heavy atom. The average Bonchev–Trinajstić information content (AvgIpc) is 3.15. The number of anilines is 1. The standard InChI is InChI=1S/C14H14N2O6/c1-22-14(19)10-5-8(16(20)21)2-3-11(10)15-6-7-4-9(7)12(15)13(17)18/h2-3,5,7,9,12H,4,6H2,1H3,(H,17,18)/t7-,9-,12+/m0/s1. The van der Waals surface area contributed by atoms with Gasteiger partial charge in [0, 0.05) is 18.7 Å². The van der Waals surface area contributed by atoms with Crippen molar-refractivity contribution in [3.05, 3.63) is 33.9 Å². The summed E-state index contributed by atoms with van der Waals surface area (Å²) in [7, 11) is 1.18. The first-order valence-electron chi connectivity index (χ1n) is 6.80. The van der Waals surface area contributed by atoms with Crippen molar-refractivity contribution < 1.29 is 24.4 Å². The normalized spacial score (nSPS) is 25.5. The van der Waals surface area contributed by atoms with Crippen molar-refractivity contribution in [3.63, 3.8) is 0 Å². The lowest BCUT2D eigenvalue weighted by molar-refractivity contribution is -0.384. The second-order valence-corrected chi connectivity index (χ2v) is 5.55. The first-order chi connectivity index (χ1) is 10.4. The molecule has 1 aliphatic carbocycles. The zero-order valence-electron chi connectivity index (χ0n) is 11.8. The highest BCUT2D eigenvalue weighted by atomic mass is 16.6. The number of carbonyl (C=O) groups is 2. The van der Waals surface area contributed by atoms with E-state index >= 15 is 0 Å². The lowest BCUT2D eigenvalue weighted by Gasteiger charge is -2.27. The van der Waals surface area contributed by atoms with Gasteiger partial charge in [0.05, 0.1) is 23.3 Å². The van der Waals surface area contributed by atoms with Crippen LogP contribution in [0.3, 0.4) is 0 Å². The van der Waals surface area contributed by atoms with Gasteiger partial charge in [-0.3, -0.25) is 10.1 Å². The molecule has 1 aliphatic heterocycles. The number of hydrogen-bond donors (Lipinski definition) is 1. The van der Waals surface area contributed by atoms with Gasteiger partial charge in [0.15, 0.2) is 0 Å². The minimum atomic E-state index is -0.945. The van der Waals surface area contributed by atoms with Crippen molar-refractivity contribution in [3.8, 4) is 0 Å². The van der Waals surface area contributed by atoms with Crippen molar-refractivity contribution in [2.24, 2.45) is 11.8 Å². The Balaban J connectivity index is 2.04.